The van der Waals surface area contributed by atoms with Crippen LogP contribution in [0.4, 0.5) is 0 Å². The van der Waals surface area contributed by atoms with E-state index in [1.165, 1.54) is 53.6 Å². The first-order chi connectivity index (χ1) is 26.4. The lowest BCUT2D eigenvalue weighted by atomic mass is 9.74. The smallest absolute Gasteiger partial charge is 0.164 e. The van der Waals surface area contributed by atoms with Gasteiger partial charge in [-0.05, 0) is 64.7 Å². The van der Waals surface area contributed by atoms with Crippen molar-refractivity contribution in [3.63, 3.8) is 0 Å². The molecular weight excluding hydrogens is 679 g/mol. The van der Waals surface area contributed by atoms with Gasteiger partial charge in [-0.3, -0.25) is 0 Å². The molecule has 0 N–H and O–H groups in total. The molecule has 0 bridgehead atoms. The molecule has 0 spiro atoms. The van der Waals surface area contributed by atoms with Crippen molar-refractivity contribution in [2.75, 3.05) is 0 Å². The summed E-state index contributed by atoms with van der Waals surface area (Å²) in [5.74, 6) is 1.30. The fraction of sp³-hybridized carbons (Fsp3) is 0.0612. The van der Waals surface area contributed by atoms with Gasteiger partial charge in [0, 0.05) is 42.8 Å². The molecule has 0 aliphatic carbocycles. The van der Waals surface area contributed by atoms with Gasteiger partial charge in [0.1, 0.15) is 11.3 Å². The average Bonchev–Trinajstić information content (AvgIpc) is 3.88. The molecule has 11 rings (SSSR count). The van der Waals surface area contributed by atoms with E-state index in [0.717, 1.165) is 49.8 Å². The van der Waals surface area contributed by atoms with E-state index in [-0.39, 0.29) is 5.41 Å². The molecule has 0 unspecified atom stereocenters. The SMILES string of the molecule is C=Cc1oc2c(-c3nc(-c4cccc(-c5ccc6c(c5)C(C)(C)c5cccc7c8sc9ccccc9c8n-6c57)c4)c4ccccc4n3)cccc2c1C=C. The number of aromatic nitrogens is 3. The van der Waals surface area contributed by atoms with E-state index in [1.807, 2.05) is 47.7 Å². The van der Waals surface area contributed by atoms with E-state index in [1.54, 1.807) is 6.08 Å². The number of hydrogen-bond donors (Lipinski definition) is 0. The molecule has 10 aromatic rings. The molecule has 0 saturated carbocycles. The van der Waals surface area contributed by atoms with Crippen LogP contribution in [0, 0.1) is 0 Å². The molecule has 0 fully saturated rings. The highest BCUT2D eigenvalue weighted by Crippen LogP contribution is 2.51. The van der Waals surface area contributed by atoms with Gasteiger partial charge in [-0.15, -0.1) is 11.3 Å². The van der Waals surface area contributed by atoms with E-state index in [0.29, 0.717) is 11.6 Å². The van der Waals surface area contributed by atoms with E-state index in [2.05, 4.69) is 129 Å². The third kappa shape index (κ3) is 4.18. The molecule has 4 nitrogen and oxygen atoms in total. The summed E-state index contributed by atoms with van der Waals surface area (Å²) in [5, 5.41) is 4.60. The van der Waals surface area contributed by atoms with Crippen molar-refractivity contribution < 1.29 is 4.42 Å². The highest BCUT2D eigenvalue weighted by molar-refractivity contribution is 7.26. The maximum atomic E-state index is 6.33. The number of rotatable bonds is 5. The Morgan fingerprint density at radius 3 is 2.26 bits per heavy atom. The van der Waals surface area contributed by atoms with Crippen molar-refractivity contribution in [3.8, 4) is 39.5 Å². The van der Waals surface area contributed by atoms with E-state index < -0.39 is 0 Å². The molecule has 0 saturated heterocycles. The molecule has 6 aromatic carbocycles. The highest BCUT2D eigenvalue weighted by atomic mass is 32.1. The molecule has 0 amide bonds. The van der Waals surface area contributed by atoms with Crippen LogP contribution in [0.3, 0.4) is 0 Å². The minimum Gasteiger partial charge on any atom is -0.455 e. The van der Waals surface area contributed by atoms with Gasteiger partial charge in [0.15, 0.2) is 5.82 Å². The van der Waals surface area contributed by atoms with E-state index >= 15 is 0 Å². The van der Waals surface area contributed by atoms with Gasteiger partial charge in [-0.1, -0.05) is 124 Å². The van der Waals surface area contributed by atoms with Crippen molar-refractivity contribution in [1.29, 1.82) is 0 Å². The number of nitrogens with zero attached hydrogens (tertiary/aromatic N) is 3. The summed E-state index contributed by atoms with van der Waals surface area (Å²) in [4.78, 5) is 10.3. The number of thiophene rings is 1. The zero-order valence-corrected chi connectivity index (χ0v) is 30.7. The van der Waals surface area contributed by atoms with Crippen LogP contribution in [0.25, 0.3) is 105 Å². The molecule has 54 heavy (non-hydrogen) atoms. The Hall–Kier alpha value is -6.56. The van der Waals surface area contributed by atoms with Gasteiger partial charge in [0.05, 0.1) is 38.2 Å². The van der Waals surface area contributed by atoms with Gasteiger partial charge in [0.2, 0.25) is 0 Å². The second-order valence-electron chi connectivity index (χ2n) is 14.6. The minimum absolute atomic E-state index is 0.198. The van der Waals surface area contributed by atoms with Gasteiger partial charge < -0.3 is 8.98 Å². The Morgan fingerprint density at radius 1 is 0.648 bits per heavy atom. The first kappa shape index (κ1) is 31.0. The van der Waals surface area contributed by atoms with E-state index in [4.69, 9.17) is 14.4 Å². The van der Waals surface area contributed by atoms with Crippen molar-refractivity contribution in [2.24, 2.45) is 0 Å². The van der Waals surface area contributed by atoms with Crippen LogP contribution in [-0.2, 0) is 5.41 Å². The third-order valence-electron chi connectivity index (χ3n) is 11.4. The molecule has 5 heterocycles. The normalized spacial score (nSPS) is 13.3. The summed E-state index contributed by atoms with van der Waals surface area (Å²) >= 11 is 1.90. The molecule has 256 valence electrons. The maximum absolute atomic E-state index is 6.33. The predicted molar refractivity (Wildman–Crippen MR) is 228 cm³/mol. The zero-order valence-electron chi connectivity index (χ0n) is 29.9. The van der Waals surface area contributed by atoms with Gasteiger partial charge >= 0.3 is 0 Å². The Labute approximate surface area is 316 Å². The Bertz CT molecular complexity index is 3240. The minimum atomic E-state index is -0.198. The van der Waals surface area contributed by atoms with Crippen molar-refractivity contribution in [2.45, 2.75) is 19.3 Å². The summed E-state index contributed by atoms with van der Waals surface area (Å²) < 4.78 is 11.5. The second-order valence-corrected chi connectivity index (χ2v) is 15.7. The molecule has 1 aliphatic rings. The largest absolute Gasteiger partial charge is 0.455 e. The van der Waals surface area contributed by atoms with Gasteiger partial charge in [-0.25, -0.2) is 9.97 Å². The Balaban J connectivity index is 1.09. The first-order valence-electron chi connectivity index (χ1n) is 18.2. The van der Waals surface area contributed by atoms with Gasteiger partial charge in [0.25, 0.3) is 0 Å². The second kappa shape index (κ2) is 11.2. The monoisotopic (exact) mass is 711 g/mol. The topological polar surface area (TPSA) is 43.9 Å². The molecule has 0 radical (unpaired) electrons. The van der Waals surface area contributed by atoms with E-state index in [9.17, 15) is 0 Å². The van der Waals surface area contributed by atoms with Crippen LogP contribution in [0.2, 0.25) is 0 Å². The summed E-state index contributed by atoms with van der Waals surface area (Å²) in [6.07, 6.45) is 3.54. The molecule has 5 heteroatoms. The predicted octanol–water partition coefficient (Wildman–Crippen LogP) is 13.6. The van der Waals surface area contributed by atoms with Crippen molar-refractivity contribution in [3.05, 3.63) is 163 Å². The van der Waals surface area contributed by atoms with Crippen LogP contribution in [-0.4, -0.2) is 14.5 Å². The number of furan rings is 1. The number of fused-ring (bicyclic) bond motifs is 9. The lowest BCUT2D eigenvalue weighted by molar-refractivity contribution is 0.604. The fourth-order valence-electron chi connectivity index (χ4n) is 8.78. The quantitative estimate of drug-likeness (QED) is 0.178. The van der Waals surface area contributed by atoms with Crippen LogP contribution < -0.4 is 0 Å². The van der Waals surface area contributed by atoms with Crippen LogP contribution in [0.15, 0.2) is 145 Å². The highest BCUT2D eigenvalue weighted by Gasteiger charge is 2.36. The van der Waals surface area contributed by atoms with Crippen molar-refractivity contribution in [1.82, 2.24) is 14.5 Å². The number of para-hydroxylation sites is 3. The third-order valence-corrected chi connectivity index (χ3v) is 12.6. The standard InChI is InChI=1S/C49H33N3OS/c1-5-31-32-18-12-20-36(46(32)53-41(31)6-2)48-50-39-22-9-7-16-33(39)43(51-48)30-15-11-14-28(26-30)29-24-25-40-38(27-29)49(3,4)37-21-13-19-35-44(37)52(40)45-34-17-8-10-23-42(34)54-47(35)45/h5-27H,1-2H2,3-4H3. The van der Waals surface area contributed by atoms with Crippen molar-refractivity contribution >= 4 is 76.6 Å². The lowest BCUT2D eigenvalue weighted by Gasteiger charge is -2.35. The molecule has 0 atom stereocenters. The summed E-state index contributed by atoms with van der Waals surface area (Å²) in [7, 11) is 0. The lowest BCUT2D eigenvalue weighted by Crippen LogP contribution is -2.26. The van der Waals surface area contributed by atoms with Crippen LogP contribution in [0.1, 0.15) is 36.3 Å². The first-order valence-corrected chi connectivity index (χ1v) is 19.0. The molecule has 4 aromatic heterocycles. The number of hydrogen-bond acceptors (Lipinski definition) is 4. The van der Waals surface area contributed by atoms with Crippen LogP contribution >= 0.6 is 11.3 Å². The van der Waals surface area contributed by atoms with Gasteiger partial charge in [-0.2, -0.15) is 0 Å². The summed E-state index contributed by atoms with van der Waals surface area (Å²) in [6, 6.07) is 45.7. The Morgan fingerprint density at radius 2 is 1.39 bits per heavy atom. The summed E-state index contributed by atoms with van der Waals surface area (Å²) in [6.45, 7) is 12.7. The Kier molecular flexibility index (Phi) is 6.44. The summed E-state index contributed by atoms with van der Waals surface area (Å²) in [5.41, 5.74) is 13.9. The average molecular weight is 712 g/mol. The maximum Gasteiger partial charge on any atom is 0.164 e. The molecule has 1 aliphatic heterocycles. The van der Waals surface area contributed by atoms with Crippen LogP contribution in [0.5, 0.6) is 0 Å². The zero-order chi connectivity index (χ0) is 36.3. The fourth-order valence-corrected chi connectivity index (χ4v) is 9.99. The number of benzene rings is 6. The molecular formula is C49H33N3OS.